The van der Waals surface area contributed by atoms with E-state index in [1.54, 1.807) is 24.4 Å². The van der Waals surface area contributed by atoms with Gasteiger partial charge < -0.3 is 20.5 Å². The number of aromatic nitrogens is 3. The molecule has 1 aliphatic rings. The molecular formula is C26H29F2N5O2. The molecule has 0 aliphatic carbocycles. The molecule has 4 rings (SSSR count). The number of ether oxygens (including phenoxy) is 1. The lowest BCUT2D eigenvalue weighted by Gasteiger charge is -2.28. The highest BCUT2D eigenvalue weighted by Gasteiger charge is 2.29. The number of anilines is 1. The van der Waals surface area contributed by atoms with Gasteiger partial charge in [-0.15, -0.1) is 0 Å². The number of hydrogen-bond donors (Lipinski definition) is 2. The van der Waals surface area contributed by atoms with Crippen molar-refractivity contribution in [2.24, 2.45) is 0 Å². The predicted molar refractivity (Wildman–Crippen MR) is 130 cm³/mol. The van der Waals surface area contributed by atoms with Crippen LogP contribution in [-0.4, -0.2) is 56.9 Å². The van der Waals surface area contributed by atoms with Crippen LogP contribution in [0.5, 0.6) is 5.75 Å². The third-order valence-corrected chi connectivity index (χ3v) is 6.08. The van der Waals surface area contributed by atoms with E-state index in [2.05, 4.69) is 33.9 Å². The standard InChI is InChI=1S/C26H29F2N5O2/c1-26(34,25(27)28)9-6-18-4-3-5-19(12-18)17-35-23-13-20(14-30-24(23)29)21-15-31-33(16-21)22-7-10-32(2)11-8-22/h3-5,12-16,22,25,34H,7-8,10-11,17H2,1-2H3,(H2,29,30). The average molecular weight is 482 g/mol. The van der Waals surface area contributed by atoms with Gasteiger partial charge in [-0.2, -0.15) is 5.10 Å². The van der Waals surface area contributed by atoms with E-state index in [9.17, 15) is 13.9 Å². The first-order chi connectivity index (χ1) is 16.7. The Kier molecular flexibility index (Phi) is 7.34. The number of nitrogens with two attached hydrogens (primary N) is 1. The highest BCUT2D eigenvalue weighted by molar-refractivity contribution is 5.65. The quantitative estimate of drug-likeness (QED) is 0.522. The van der Waals surface area contributed by atoms with Gasteiger partial charge in [0.05, 0.1) is 12.2 Å². The molecule has 0 amide bonds. The molecule has 7 nitrogen and oxygen atoms in total. The lowest BCUT2D eigenvalue weighted by molar-refractivity contribution is -0.0418. The Balaban J connectivity index is 1.45. The van der Waals surface area contributed by atoms with Crippen LogP contribution in [0.3, 0.4) is 0 Å². The van der Waals surface area contributed by atoms with E-state index >= 15 is 0 Å². The van der Waals surface area contributed by atoms with Crippen molar-refractivity contribution in [2.45, 2.75) is 44.4 Å². The summed E-state index contributed by atoms with van der Waals surface area (Å²) in [7, 11) is 2.13. The van der Waals surface area contributed by atoms with E-state index < -0.39 is 12.0 Å². The van der Waals surface area contributed by atoms with Crippen molar-refractivity contribution in [3.05, 3.63) is 60.0 Å². The van der Waals surface area contributed by atoms with Crippen molar-refractivity contribution in [3.8, 4) is 28.7 Å². The summed E-state index contributed by atoms with van der Waals surface area (Å²) in [5, 5.41) is 14.2. The van der Waals surface area contributed by atoms with Gasteiger partial charge in [-0.25, -0.2) is 13.8 Å². The fourth-order valence-corrected chi connectivity index (χ4v) is 3.83. The zero-order valence-electron chi connectivity index (χ0n) is 19.8. The number of pyridine rings is 1. The normalized spacial score (nSPS) is 16.5. The van der Waals surface area contributed by atoms with E-state index in [0.717, 1.165) is 49.5 Å². The topological polar surface area (TPSA) is 89.4 Å². The van der Waals surface area contributed by atoms with Gasteiger partial charge in [-0.1, -0.05) is 24.0 Å². The Bertz CT molecular complexity index is 1220. The minimum absolute atomic E-state index is 0.185. The molecule has 0 radical (unpaired) electrons. The van der Waals surface area contributed by atoms with Crippen molar-refractivity contribution in [3.63, 3.8) is 0 Å². The zero-order valence-corrected chi connectivity index (χ0v) is 19.8. The lowest BCUT2D eigenvalue weighted by Crippen LogP contribution is -2.31. The summed E-state index contributed by atoms with van der Waals surface area (Å²) < 4.78 is 33.6. The number of likely N-dealkylation sites (tertiary alicyclic amines) is 1. The molecule has 1 saturated heterocycles. The first-order valence-electron chi connectivity index (χ1n) is 11.5. The maximum absolute atomic E-state index is 12.8. The molecule has 184 valence electrons. The van der Waals surface area contributed by atoms with E-state index in [4.69, 9.17) is 10.5 Å². The summed E-state index contributed by atoms with van der Waals surface area (Å²) >= 11 is 0. The van der Waals surface area contributed by atoms with Crippen LogP contribution in [0.1, 0.15) is 36.9 Å². The van der Waals surface area contributed by atoms with Crippen molar-refractivity contribution >= 4 is 5.82 Å². The Morgan fingerprint density at radius 2 is 2.00 bits per heavy atom. The molecule has 1 atom stereocenters. The van der Waals surface area contributed by atoms with Crippen LogP contribution in [0.25, 0.3) is 11.1 Å². The molecule has 9 heteroatoms. The van der Waals surface area contributed by atoms with Gasteiger partial charge in [0.15, 0.2) is 17.2 Å². The number of rotatable bonds is 6. The molecule has 0 bridgehead atoms. The SMILES string of the molecule is CN1CCC(n2cc(-c3cnc(N)c(OCc4cccc(C#CC(C)(O)C(F)F)c4)c3)cn2)CC1. The Morgan fingerprint density at radius 1 is 1.23 bits per heavy atom. The van der Waals surface area contributed by atoms with E-state index in [1.165, 1.54) is 0 Å². The van der Waals surface area contributed by atoms with E-state index in [1.807, 2.05) is 29.2 Å². The third kappa shape index (κ3) is 6.15. The van der Waals surface area contributed by atoms with Gasteiger partial charge in [0.2, 0.25) is 0 Å². The molecule has 1 aliphatic heterocycles. The summed E-state index contributed by atoms with van der Waals surface area (Å²) in [6, 6.07) is 9.19. The van der Waals surface area contributed by atoms with Crippen LogP contribution >= 0.6 is 0 Å². The zero-order chi connectivity index (χ0) is 25.0. The largest absolute Gasteiger partial charge is 0.485 e. The number of nitrogens with zero attached hydrogens (tertiary/aromatic N) is 4. The molecule has 2 aromatic heterocycles. The van der Waals surface area contributed by atoms with Crippen LogP contribution in [0.15, 0.2) is 48.9 Å². The summed E-state index contributed by atoms with van der Waals surface area (Å²) in [6.07, 6.45) is 4.73. The number of hydrogen-bond acceptors (Lipinski definition) is 6. The number of benzene rings is 1. The number of halogens is 2. The highest BCUT2D eigenvalue weighted by atomic mass is 19.3. The van der Waals surface area contributed by atoms with Gasteiger partial charge in [-0.05, 0) is 63.7 Å². The summed E-state index contributed by atoms with van der Waals surface area (Å²) in [6.45, 7) is 3.28. The van der Waals surface area contributed by atoms with Crippen molar-refractivity contribution in [1.29, 1.82) is 0 Å². The molecule has 0 saturated carbocycles. The van der Waals surface area contributed by atoms with Crippen LogP contribution < -0.4 is 10.5 Å². The first kappa shape index (κ1) is 24.6. The molecule has 35 heavy (non-hydrogen) atoms. The number of piperidine rings is 1. The molecule has 3 heterocycles. The fourth-order valence-electron chi connectivity index (χ4n) is 3.83. The second-order valence-corrected chi connectivity index (χ2v) is 9.04. The van der Waals surface area contributed by atoms with Gasteiger partial charge in [0.25, 0.3) is 6.43 Å². The summed E-state index contributed by atoms with van der Waals surface area (Å²) in [5.41, 5.74) is 6.72. The van der Waals surface area contributed by atoms with Crippen LogP contribution in [0.4, 0.5) is 14.6 Å². The second-order valence-electron chi connectivity index (χ2n) is 9.04. The highest BCUT2D eigenvalue weighted by Crippen LogP contribution is 2.29. The summed E-state index contributed by atoms with van der Waals surface area (Å²) in [5.74, 6) is 5.51. The molecule has 1 unspecified atom stereocenters. The monoisotopic (exact) mass is 481 g/mol. The maximum Gasteiger partial charge on any atom is 0.277 e. The second kappa shape index (κ2) is 10.4. The predicted octanol–water partition coefficient (Wildman–Crippen LogP) is 3.74. The Morgan fingerprint density at radius 3 is 2.74 bits per heavy atom. The molecule has 1 aromatic carbocycles. The number of aliphatic hydroxyl groups is 1. The van der Waals surface area contributed by atoms with Crippen LogP contribution in [0, 0.1) is 11.8 Å². The molecule has 3 aromatic rings. The minimum atomic E-state index is -2.96. The van der Waals surface area contributed by atoms with Gasteiger partial charge >= 0.3 is 0 Å². The summed E-state index contributed by atoms with van der Waals surface area (Å²) in [4.78, 5) is 6.60. The van der Waals surface area contributed by atoms with Crippen LogP contribution in [-0.2, 0) is 6.61 Å². The Labute approximate surface area is 203 Å². The maximum atomic E-state index is 12.8. The third-order valence-electron chi connectivity index (χ3n) is 6.08. The van der Waals surface area contributed by atoms with Gasteiger partial charge in [-0.3, -0.25) is 4.68 Å². The average Bonchev–Trinajstić information content (AvgIpc) is 3.33. The molecule has 1 fully saturated rings. The van der Waals surface area contributed by atoms with E-state index in [0.29, 0.717) is 17.4 Å². The van der Waals surface area contributed by atoms with Gasteiger partial charge in [0.1, 0.15) is 6.61 Å². The molecule has 0 spiro atoms. The van der Waals surface area contributed by atoms with Gasteiger partial charge in [0, 0.05) is 29.1 Å². The van der Waals surface area contributed by atoms with Crippen molar-refractivity contribution in [2.75, 3.05) is 25.9 Å². The van der Waals surface area contributed by atoms with Crippen molar-refractivity contribution < 1.29 is 18.6 Å². The van der Waals surface area contributed by atoms with E-state index in [-0.39, 0.29) is 12.4 Å². The van der Waals surface area contributed by atoms with Crippen molar-refractivity contribution in [1.82, 2.24) is 19.7 Å². The number of nitrogen functional groups attached to an aromatic ring is 1. The van der Waals surface area contributed by atoms with Crippen LogP contribution in [0.2, 0.25) is 0 Å². The lowest BCUT2D eigenvalue weighted by atomic mass is 10.1. The first-order valence-corrected chi connectivity index (χ1v) is 11.5. The number of alkyl halides is 2. The smallest absolute Gasteiger partial charge is 0.277 e. The minimum Gasteiger partial charge on any atom is -0.485 e. The molecule has 3 N–H and O–H groups in total. The molecular weight excluding hydrogens is 452 g/mol. The fraction of sp³-hybridized carbons (Fsp3) is 0.385. The Hall–Kier alpha value is -3.48.